The van der Waals surface area contributed by atoms with Crippen molar-refractivity contribution in [2.75, 3.05) is 10.0 Å². The van der Waals surface area contributed by atoms with E-state index in [9.17, 15) is 4.79 Å². The lowest BCUT2D eigenvalue weighted by Crippen LogP contribution is -2.49. The van der Waals surface area contributed by atoms with E-state index in [1.807, 2.05) is 47.5 Å². The van der Waals surface area contributed by atoms with Crippen molar-refractivity contribution in [2.45, 2.75) is 27.7 Å². The first-order valence-electron chi connectivity index (χ1n) is 9.90. The zero-order chi connectivity index (χ0) is 21.0. The Morgan fingerprint density at radius 2 is 1.43 bits per heavy atom. The average molecular weight is 398 g/mol. The number of hydrogen-bond donors (Lipinski definition) is 0. The Balaban J connectivity index is 1.64. The van der Waals surface area contributed by atoms with Crippen molar-refractivity contribution in [1.29, 1.82) is 0 Å². The molecule has 30 heavy (non-hydrogen) atoms. The Labute approximate surface area is 175 Å². The maximum absolute atomic E-state index is 13.4. The molecule has 2 aliphatic heterocycles. The highest BCUT2D eigenvalue weighted by atomic mass is 16.9. The minimum Gasteiger partial charge on any atom is -0.267 e. The van der Waals surface area contributed by atoms with Crippen LogP contribution in [0.3, 0.4) is 0 Å². The molecule has 0 saturated carbocycles. The van der Waals surface area contributed by atoms with E-state index < -0.39 is 0 Å². The van der Waals surface area contributed by atoms with Crippen LogP contribution >= 0.6 is 0 Å². The van der Waals surface area contributed by atoms with Crippen molar-refractivity contribution in [3.8, 4) is 0 Å². The van der Waals surface area contributed by atoms with Crippen LogP contribution in [0.2, 0.25) is 0 Å². The third-order valence-corrected chi connectivity index (χ3v) is 5.88. The van der Waals surface area contributed by atoms with Gasteiger partial charge in [-0.3, -0.25) is 9.73 Å². The van der Waals surface area contributed by atoms with Gasteiger partial charge < -0.3 is 0 Å². The fourth-order valence-electron chi connectivity index (χ4n) is 4.07. The first-order valence-corrected chi connectivity index (χ1v) is 9.90. The number of oxime groups is 1. The fourth-order valence-corrected chi connectivity index (χ4v) is 4.07. The molecule has 6 nitrogen and oxygen atoms in total. The van der Waals surface area contributed by atoms with Crippen LogP contribution in [0.1, 0.15) is 38.2 Å². The van der Waals surface area contributed by atoms with Crippen molar-refractivity contribution < 1.29 is 9.73 Å². The number of benzene rings is 3. The molecule has 2 heterocycles. The second kappa shape index (κ2) is 6.71. The molecule has 0 spiro atoms. The molecule has 6 heteroatoms. The van der Waals surface area contributed by atoms with Crippen LogP contribution in [0.15, 0.2) is 65.8 Å². The molecule has 0 atom stereocenters. The van der Waals surface area contributed by atoms with Gasteiger partial charge in [-0.2, -0.15) is 10.0 Å². The number of fused-ring (bicyclic) bond motifs is 3. The Bertz CT molecular complexity index is 1180. The van der Waals surface area contributed by atoms with Crippen molar-refractivity contribution >= 4 is 23.1 Å². The van der Waals surface area contributed by atoms with Crippen molar-refractivity contribution in [3.05, 3.63) is 94.0 Å². The Morgan fingerprint density at radius 3 is 2.10 bits per heavy atom. The molecule has 0 saturated heterocycles. The minimum absolute atomic E-state index is 0.184. The van der Waals surface area contributed by atoms with E-state index in [0.717, 1.165) is 28.1 Å². The fraction of sp³-hybridized carbons (Fsp3) is 0.167. The molecule has 0 aromatic heterocycles. The first kappa shape index (κ1) is 18.4. The second-order valence-electron chi connectivity index (χ2n) is 7.67. The highest BCUT2D eigenvalue weighted by Gasteiger charge is 2.47. The van der Waals surface area contributed by atoms with Gasteiger partial charge in [-0.05, 0) is 79.4 Å². The molecule has 0 bridgehead atoms. The van der Waals surface area contributed by atoms with Gasteiger partial charge >= 0.3 is 0 Å². The largest absolute Gasteiger partial charge is 0.277 e. The zero-order valence-corrected chi connectivity index (χ0v) is 17.4. The molecule has 2 aliphatic rings. The van der Waals surface area contributed by atoms with Crippen LogP contribution in [0.5, 0.6) is 0 Å². The van der Waals surface area contributed by atoms with Gasteiger partial charge in [-0.1, -0.05) is 36.4 Å². The standard InChI is InChI=1S/C24H22N4O2/c1-15-14-16(2)18(4)22(17(15)3)23-25-30-28-26(23)20-12-8-9-13-21(20)27(28)24(29)19-10-6-5-7-11-19/h5-14H,1-4H3. The lowest BCUT2D eigenvalue weighted by atomic mass is 9.93. The summed E-state index contributed by atoms with van der Waals surface area (Å²) in [7, 11) is 0. The number of aryl methyl sites for hydroxylation is 2. The zero-order valence-electron chi connectivity index (χ0n) is 17.4. The summed E-state index contributed by atoms with van der Waals surface area (Å²) in [6.45, 7) is 8.39. The lowest BCUT2D eigenvalue weighted by Gasteiger charge is -2.25. The highest BCUT2D eigenvalue weighted by Crippen LogP contribution is 2.43. The molecule has 3 aromatic rings. The van der Waals surface area contributed by atoms with Gasteiger partial charge in [0.2, 0.25) is 5.84 Å². The van der Waals surface area contributed by atoms with E-state index in [1.165, 1.54) is 21.4 Å². The smallest absolute Gasteiger partial charge is 0.267 e. The number of nitrogens with zero attached hydrogens (tertiary/aromatic N) is 4. The van der Waals surface area contributed by atoms with Crippen LogP contribution in [-0.2, 0) is 4.94 Å². The van der Waals surface area contributed by atoms with E-state index in [0.29, 0.717) is 11.4 Å². The molecule has 0 N–H and O–H groups in total. The quantitative estimate of drug-likeness (QED) is 0.621. The van der Waals surface area contributed by atoms with Gasteiger partial charge in [0.15, 0.2) is 0 Å². The highest BCUT2D eigenvalue weighted by molar-refractivity contribution is 6.17. The number of amides is 1. The number of amidine groups is 1. The number of para-hydroxylation sites is 2. The topological polar surface area (TPSA) is 48.4 Å². The van der Waals surface area contributed by atoms with Gasteiger partial charge in [-0.15, -0.1) is 0 Å². The molecule has 0 radical (unpaired) electrons. The van der Waals surface area contributed by atoms with Gasteiger partial charge in [-0.25, -0.2) is 0 Å². The number of rotatable bonds is 2. The maximum atomic E-state index is 13.4. The van der Waals surface area contributed by atoms with Crippen LogP contribution < -0.4 is 10.0 Å². The number of carbonyl (C=O) groups is 1. The van der Waals surface area contributed by atoms with Crippen LogP contribution in [0, 0.1) is 27.7 Å². The lowest BCUT2D eigenvalue weighted by molar-refractivity contribution is -0.135. The van der Waals surface area contributed by atoms with Crippen LogP contribution in [-0.4, -0.2) is 17.0 Å². The monoisotopic (exact) mass is 398 g/mol. The Morgan fingerprint density at radius 1 is 0.833 bits per heavy atom. The predicted molar refractivity (Wildman–Crippen MR) is 117 cm³/mol. The number of anilines is 2. The second-order valence-corrected chi connectivity index (χ2v) is 7.67. The van der Waals surface area contributed by atoms with E-state index in [2.05, 4.69) is 38.9 Å². The van der Waals surface area contributed by atoms with Gasteiger partial charge in [0.1, 0.15) is 0 Å². The molecule has 1 amide bonds. The summed E-state index contributed by atoms with van der Waals surface area (Å²) in [5.74, 6) is 0.489. The van der Waals surface area contributed by atoms with E-state index in [4.69, 9.17) is 4.94 Å². The predicted octanol–water partition coefficient (Wildman–Crippen LogP) is 4.83. The normalized spacial score (nSPS) is 15.0. The number of hydrogen-bond acceptors (Lipinski definition) is 5. The maximum Gasteiger partial charge on any atom is 0.277 e. The van der Waals surface area contributed by atoms with E-state index in [-0.39, 0.29) is 5.91 Å². The Hall–Kier alpha value is -3.64. The van der Waals surface area contributed by atoms with Crippen molar-refractivity contribution in [1.82, 2.24) is 5.28 Å². The van der Waals surface area contributed by atoms with E-state index in [1.54, 1.807) is 12.1 Å². The van der Waals surface area contributed by atoms with E-state index >= 15 is 0 Å². The summed E-state index contributed by atoms with van der Waals surface area (Å²) in [4.78, 5) is 19.1. The van der Waals surface area contributed by atoms with Crippen molar-refractivity contribution in [3.63, 3.8) is 0 Å². The molecule has 3 aromatic carbocycles. The molecular weight excluding hydrogens is 376 g/mol. The minimum atomic E-state index is -0.184. The van der Waals surface area contributed by atoms with Crippen molar-refractivity contribution in [2.24, 2.45) is 5.16 Å². The molecule has 150 valence electrons. The Kier molecular flexibility index (Phi) is 4.11. The van der Waals surface area contributed by atoms with Gasteiger partial charge in [0.05, 0.1) is 16.7 Å². The number of carbonyl (C=O) groups excluding carboxylic acids is 1. The summed E-state index contributed by atoms with van der Waals surface area (Å²) in [5, 5.41) is 9.22. The molecule has 0 aliphatic carbocycles. The van der Waals surface area contributed by atoms with Gasteiger partial charge in [0, 0.05) is 11.1 Å². The molecule has 0 fully saturated rings. The third-order valence-electron chi connectivity index (χ3n) is 5.88. The summed E-state index contributed by atoms with van der Waals surface area (Å²) in [6.07, 6.45) is 0. The molecule has 5 rings (SSSR count). The SMILES string of the molecule is Cc1cc(C)c(C)c(C2=NON3N(C(=O)c4ccccc4)c4ccccc4N23)c1C. The molecule has 0 unspecified atom stereocenters. The summed E-state index contributed by atoms with van der Waals surface area (Å²) in [5.41, 5.74) is 7.87. The summed E-state index contributed by atoms with van der Waals surface area (Å²) < 4.78 is 0. The van der Waals surface area contributed by atoms with Crippen LogP contribution in [0.25, 0.3) is 0 Å². The summed E-state index contributed by atoms with van der Waals surface area (Å²) in [6, 6.07) is 19.1. The summed E-state index contributed by atoms with van der Waals surface area (Å²) >= 11 is 0. The number of hydrazine groups is 2. The van der Waals surface area contributed by atoms with Gasteiger partial charge in [0.25, 0.3) is 5.91 Å². The molecular formula is C24H22N4O2. The first-order chi connectivity index (χ1) is 14.5. The third kappa shape index (κ3) is 2.54. The van der Waals surface area contributed by atoms with Crippen LogP contribution in [0.4, 0.5) is 11.4 Å². The average Bonchev–Trinajstić information content (AvgIpc) is 3.31.